The van der Waals surface area contributed by atoms with Crippen LogP contribution in [0.1, 0.15) is 31.4 Å². The Morgan fingerprint density at radius 2 is 2.28 bits per heavy atom. The summed E-state index contributed by atoms with van der Waals surface area (Å²) in [7, 11) is 0. The maximum absolute atomic E-state index is 9.49. The van der Waals surface area contributed by atoms with Gasteiger partial charge in [0.2, 0.25) is 0 Å². The molecular weight excluding hydrogens is 228 g/mol. The molecule has 0 radical (unpaired) electrons. The molecule has 0 spiro atoms. The summed E-state index contributed by atoms with van der Waals surface area (Å²) in [5.41, 5.74) is 5.96. The van der Waals surface area contributed by atoms with E-state index in [1.807, 2.05) is 12.1 Å². The number of nitrogens with one attached hydrogen (secondary N) is 1. The second kappa shape index (κ2) is 5.82. The molecule has 0 amide bonds. The van der Waals surface area contributed by atoms with Crippen LogP contribution in [-0.4, -0.2) is 35.1 Å². The van der Waals surface area contributed by atoms with Gasteiger partial charge in [-0.25, -0.2) is 4.98 Å². The minimum Gasteiger partial charge on any atom is -0.394 e. The number of aromatic nitrogens is 1. The number of aliphatic hydroxyl groups is 1. The first-order valence-corrected chi connectivity index (χ1v) is 6.41. The normalized spacial score (nSPS) is 20.5. The van der Waals surface area contributed by atoms with Crippen LogP contribution in [0.25, 0.3) is 0 Å². The molecule has 18 heavy (non-hydrogen) atoms. The minimum absolute atomic E-state index is 0.0211. The Bertz CT molecular complexity index is 421. The van der Waals surface area contributed by atoms with Gasteiger partial charge in [-0.1, -0.05) is 18.9 Å². The SMILES string of the molecule is N=C(N)c1cccc(N2CCCCCC2CO)n1. The molecule has 5 heteroatoms. The molecule has 1 aromatic heterocycles. The molecule has 1 aromatic rings. The highest BCUT2D eigenvalue weighted by molar-refractivity contribution is 5.93. The summed E-state index contributed by atoms with van der Waals surface area (Å²) in [4.78, 5) is 6.54. The van der Waals surface area contributed by atoms with E-state index in [4.69, 9.17) is 11.1 Å². The smallest absolute Gasteiger partial charge is 0.141 e. The highest BCUT2D eigenvalue weighted by atomic mass is 16.3. The number of hydrogen-bond donors (Lipinski definition) is 3. The number of pyridine rings is 1. The van der Waals surface area contributed by atoms with Gasteiger partial charge >= 0.3 is 0 Å². The number of nitrogens with zero attached hydrogens (tertiary/aromatic N) is 2. The molecule has 2 heterocycles. The van der Waals surface area contributed by atoms with Crippen molar-refractivity contribution in [1.82, 2.24) is 4.98 Å². The second-order valence-electron chi connectivity index (χ2n) is 4.67. The fourth-order valence-electron chi connectivity index (χ4n) is 2.40. The summed E-state index contributed by atoms with van der Waals surface area (Å²) in [5.74, 6) is 0.788. The van der Waals surface area contributed by atoms with Crippen molar-refractivity contribution in [2.45, 2.75) is 31.7 Å². The molecule has 1 atom stereocenters. The Labute approximate surface area is 107 Å². The van der Waals surface area contributed by atoms with E-state index >= 15 is 0 Å². The molecule has 0 aromatic carbocycles. The van der Waals surface area contributed by atoms with Crippen molar-refractivity contribution < 1.29 is 5.11 Å². The van der Waals surface area contributed by atoms with Gasteiger partial charge in [-0.3, -0.25) is 5.41 Å². The molecule has 5 nitrogen and oxygen atoms in total. The third-order valence-electron chi connectivity index (χ3n) is 3.39. The Morgan fingerprint density at radius 1 is 1.44 bits per heavy atom. The number of aliphatic hydroxyl groups excluding tert-OH is 1. The van der Waals surface area contributed by atoms with Gasteiger partial charge in [-0.15, -0.1) is 0 Å². The summed E-state index contributed by atoms with van der Waals surface area (Å²) >= 11 is 0. The maximum atomic E-state index is 9.49. The number of nitrogen functional groups attached to an aromatic ring is 1. The van der Waals surface area contributed by atoms with Gasteiger partial charge in [-0.2, -0.15) is 0 Å². The van der Waals surface area contributed by atoms with Gasteiger partial charge < -0.3 is 15.7 Å². The number of hydrogen-bond acceptors (Lipinski definition) is 4. The third-order valence-corrected chi connectivity index (χ3v) is 3.39. The van der Waals surface area contributed by atoms with Crippen molar-refractivity contribution >= 4 is 11.7 Å². The zero-order chi connectivity index (χ0) is 13.0. The van der Waals surface area contributed by atoms with E-state index in [2.05, 4.69) is 9.88 Å². The summed E-state index contributed by atoms with van der Waals surface area (Å²) in [6, 6.07) is 5.64. The molecule has 0 aliphatic carbocycles. The lowest BCUT2D eigenvalue weighted by atomic mass is 10.1. The predicted octanol–water partition coefficient (Wildman–Crippen LogP) is 1.11. The standard InChI is InChI=1S/C13H20N4O/c14-13(15)11-6-4-7-12(16-11)17-8-3-1-2-5-10(17)9-18/h4,6-7,10,18H,1-3,5,8-9H2,(H3,14,15). The van der Waals surface area contributed by atoms with Crippen molar-refractivity contribution in [3.8, 4) is 0 Å². The van der Waals surface area contributed by atoms with Crippen molar-refractivity contribution in [3.05, 3.63) is 23.9 Å². The van der Waals surface area contributed by atoms with Crippen molar-refractivity contribution in [2.24, 2.45) is 5.73 Å². The van der Waals surface area contributed by atoms with E-state index in [0.717, 1.165) is 31.6 Å². The summed E-state index contributed by atoms with van der Waals surface area (Å²) in [6.07, 6.45) is 4.44. The number of amidine groups is 1. The van der Waals surface area contributed by atoms with Crippen LogP contribution in [0.15, 0.2) is 18.2 Å². The molecule has 1 aliphatic heterocycles. The van der Waals surface area contributed by atoms with Crippen LogP contribution < -0.4 is 10.6 Å². The lowest BCUT2D eigenvalue weighted by molar-refractivity contribution is 0.254. The van der Waals surface area contributed by atoms with Crippen molar-refractivity contribution in [3.63, 3.8) is 0 Å². The third kappa shape index (κ3) is 2.79. The topological polar surface area (TPSA) is 86.2 Å². The van der Waals surface area contributed by atoms with Crippen LogP contribution in [0.4, 0.5) is 5.82 Å². The molecule has 1 aliphatic rings. The quantitative estimate of drug-likeness (QED) is 0.552. The average Bonchev–Trinajstić information content (AvgIpc) is 2.63. The van der Waals surface area contributed by atoms with Gasteiger partial charge in [0.15, 0.2) is 0 Å². The molecule has 1 saturated heterocycles. The fourth-order valence-corrected chi connectivity index (χ4v) is 2.40. The van der Waals surface area contributed by atoms with Crippen LogP contribution in [0.5, 0.6) is 0 Å². The maximum Gasteiger partial charge on any atom is 0.141 e. The predicted molar refractivity (Wildman–Crippen MR) is 71.9 cm³/mol. The van der Waals surface area contributed by atoms with Crippen molar-refractivity contribution in [2.75, 3.05) is 18.1 Å². The Kier molecular flexibility index (Phi) is 4.15. The van der Waals surface area contributed by atoms with Crippen LogP contribution >= 0.6 is 0 Å². The van der Waals surface area contributed by atoms with Gasteiger partial charge in [0.25, 0.3) is 0 Å². The highest BCUT2D eigenvalue weighted by Gasteiger charge is 2.21. The molecule has 0 bridgehead atoms. The largest absolute Gasteiger partial charge is 0.394 e. The van der Waals surface area contributed by atoms with E-state index in [1.54, 1.807) is 6.07 Å². The molecule has 4 N–H and O–H groups in total. The van der Waals surface area contributed by atoms with Gasteiger partial charge in [-0.05, 0) is 25.0 Å². The first-order valence-electron chi connectivity index (χ1n) is 6.41. The molecule has 1 fully saturated rings. The molecule has 98 valence electrons. The first kappa shape index (κ1) is 12.8. The lowest BCUT2D eigenvalue weighted by Gasteiger charge is -2.29. The van der Waals surface area contributed by atoms with E-state index in [0.29, 0.717) is 5.69 Å². The van der Waals surface area contributed by atoms with Gasteiger partial charge in [0.1, 0.15) is 17.3 Å². The Morgan fingerprint density at radius 3 is 3.00 bits per heavy atom. The molecular formula is C13H20N4O. The number of anilines is 1. The van der Waals surface area contributed by atoms with Crippen LogP contribution in [0.3, 0.4) is 0 Å². The first-order chi connectivity index (χ1) is 8.72. The second-order valence-corrected chi connectivity index (χ2v) is 4.67. The van der Waals surface area contributed by atoms with E-state index in [9.17, 15) is 5.11 Å². The van der Waals surface area contributed by atoms with E-state index in [-0.39, 0.29) is 18.5 Å². The zero-order valence-corrected chi connectivity index (χ0v) is 10.5. The van der Waals surface area contributed by atoms with Crippen LogP contribution in [0, 0.1) is 5.41 Å². The molecule has 0 saturated carbocycles. The lowest BCUT2D eigenvalue weighted by Crippen LogP contribution is -2.38. The average molecular weight is 248 g/mol. The van der Waals surface area contributed by atoms with Crippen LogP contribution in [0.2, 0.25) is 0 Å². The molecule has 1 unspecified atom stereocenters. The monoisotopic (exact) mass is 248 g/mol. The summed E-state index contributed by atoms with van der Waals surface area (Å²) in [6.45, 7) is 1.05. The van der Waals surface area contributed by atoms with E-state index in [1.165, 1.54) is 6.42 Å². The minimum atomic E-state index is -0.0211. The fraction of sp³-hybridized carbons (Fsp3) is 0.538. The highest BCUT2D eigenvalue weighted by Crippen LogP contribution is 2.22. The number of nitrogens with two attached hydrogens (primary N) is 1. The van der Waals surface area contributed by atoms with Gasteiger partial charge in [0, 0.05) is 6.54 Å². The van der Waals surface area contributed by atoms with Crippen LogP contribution in [-0.2, 0) is 0 Å². The summed E-state index contributed by atoms with van der Waals surface area (Å²) < 4.78 is 0. The zero-order valence-electron chi connectivity index (χ0n) is 10.5. The molecule has 2 rings (SSSR count). The Hall–Kier alpha value is -1.62. The summed E-state index contributed by atoms with van der Waals surface area (Å²) in [5, 5.41) is 16.9. The van der Waals surface area contributed by atoms with Gasteiger partial charge in [0.05, 0.1) is 12.6 Å². The number of rotatable bonds is 3. The van der Waals surface area contributed by atoms with Crippen molar-refractivity contribution in [1.29, 1.82) is 5.41 Å². The van der Waals surface area contributed by atoms with E-state index < -0.39 is 0 Å². The Balaban J connectivity index is 2.26.